The van der Waals surface area contributed by atoms with Crippen molar-refractivity contribution in [3.63, 3.8) is 0 Å². The molecule has 0 bridgehead atoms. The summed E-state index contributed by atoms with van der Waals surface area (Å²) in [6, 6.07) is 13.3. The number of hydrogen-bond donors (Lipinski definition) is 1. The molecular formula is C17H21N3. The Bertz CT molecular complexity index is 575. The van der Waals surface area contributed by atoms with E-state index in [2.05, 4.69) is 59.6 Å². The highest BCUT2D eigenvalue weighted by Crippen LogP contribution is 2.29. The highest BCUT2D eigenvalue weighted by atomic mass is 15.1. The van der Waals surface area contributed by atoms with Gasteiger partial charge >= 0.3 is 0 Å². The molecule has 1 aliphatic carbocycles. The summed E-state index contributed by atoms with van der Waals surface area (Å²) in [5.74, 6) is 0. The minimum Gasteiger partial charge on any atom is -0.378 e. The SMILES string of the molecule is CN(C)c1ccc(CNC2CCc3cccnc32)cc1. The van der Waals surface area contributed by atoms with Crippen molar-refractivity contribution in [1.82, 2.24) is 10.3 Å². The van der Waals surface area contributed by atoms with Crippen molar-refractivity contribution >= 4 is 5.69 Å². The van der Waals surface area contributed by atoms with Gasteiger partial charge < -0.3 is 10.2 Å². The van der Waals surface area contributed by atoms with E-state index < -0.39 is 0 Å². The van der Waals surface area contributed by atoms with Gasteiger partial charge in [0.1, 0.15) is 0 Å². The van der Waals surface area contributed by atoms with E-state index in [4.69, 9.17) is 0 Å². The van der Waals surface area contributed by atoms with E-state index in [0.717, 1.165) is 19.4 Å². The smallest absolute Gasteiger partial charge is 0.0605 e. The third-order valence-corrected chi connectivity index (χ3v) is 3.96. The number of benzene rings is 1. The van der Waals surface area contributed by atoms with Crippen LogP contribution in [0.4, 0.5) is 5.69 Å². The van der Waals surface area contributed by atoms with Gasteiger partial charge in [-0.15, -0.1) is 0 Å². The topological polar surface area (TPSA) is 28.2 Å². The van der Waals surface area contributed by atoms with Gasteiger partial charge in [-0.1, -0.05) is 18.2 Å². The molecule has 1 aromatic heterocycles. The van der Waals surface area contributed by atoms with E-state index in [-0.39, 0.29) is 0 Å². The molecule has 0 aliphatic heterocycles. The summed E-state index contributed by atoms with van der Waals surface area (Å²) in [6.07, 6.45) is 4.19. The zero-order chi connectivity index (χ0) is 13.9. The molecule has 1 unspecified atom stereocenters. The monoisotopic (exact) mass is 267 g/mol. The lowest BCUT2D eigenvalue weighted by Gasteiger charge is -2.15. The summed E-state index contributed by atoms with van der Waals surface area (Å²) in [6.45, 7) is 0.897. The fourth-order valence-electron chi connectivity index (χ4n) is 2.76. The summed E-state index contributed by atoms with van der Waals surface area (Å²) in [7, 11) is 4.13. The lowest BCUT2D eigenvalue weighted by molar-refractivity contribution is 0.521. The summed E-state index contributed by atoms with van der Waals surface area (Å²) >= 11 is 0. The van der Waals surface area contributed by atoms with Crippen LogP contribution in [0.3, 0.4) is 0 Å². The van der Waals surface area contributed by atoms with Gasteiger partial charge in [-0.2, -0.15) is 0 Å². The average Bonchev–Trinajstić information content (AvgIpc) is 2.89. The first kappa shape index (κ1) is 13.1. The lowest BCUT2D eigenvalue weighted by atomic mass is 10.1. The zero-order valence-corrected chi connectivity index (χ0v) is 12.1. The van der Waals surface area contributed by atoms with Crippen LogP contribution in [0.1, 0.15) is 29.3 Å². The lowest BCUT2D eigenvalue weighted by Crippen LogP contribution is -2.19. The number of nitrogens with zero attached hydrogens (tertiary/aromatic N) is 2. The van der Waals surface area contributed by atoms with Crippen molar-refractivity contribution in [2.45, 2.75) is 25.4 Å². The molecule has 1 N–H and O–H groups in total. The second kappa shape index (κ2) is 5.63. The van der Waals surface area contributed by atoms with Gasteiger partial charge in [0.05, 0.1) is 11.7 Å². The maximum Gasteiger partial charge on any atom is 0.0605 e. The molecule has 104 valence electrons. The Balaban J connectivity index is 1.63. The number of hydrogen-bond acceptors (Lipinski definition) is 3. The molecule has 1 atom stereocenters. The van der Waals surface area contributed by atoms with E-state index in [1.54, 1.807) is 0 Å². The number of aromatic nitrogens is 1. The zero-order valence-electron chi connectivity index (χ0n) is 12.1. The number of nitrogens with one attached hydrogen (secondary N) is 1. The van der Waals surface area contributed by atoms with Crippen molar-refractivity contribution < 1.29 is 0 Å². The molecule has 3 rings (SSSR count). The van der Waals surface area contributed by atoms with Crippen LogP contribution in [0, 0.1) is 0 Å². The van der Waals surface area contributed by atoms with Crippen LogP contribution in [-0.4, -0.2) is 19.1 Å². The molecule has 3 heteroatoms. The number of rotatable bonds is 4. The third kappa shape index (κ3) is 2.68. The Morgan fingerprint density at radius 3 is 2.75 bits per heavy atom. The first-order valence-electron chi connectivity index (χ1n) is 7.17. The quantitative estimate of drug-likeness (QED) is 0.923. The van der Waals surface area contributed by atoms with Crippen LogP contribution >= 0.6 is 0 Å². The second-order valence-electron chi connectivity index (χ2n) is 5.58. The fraction of sp³-hybridized carbons (Fsp3) is 0.353. The Morgan fingerprint density at radius 2 is 2.00 bits per heavy atom. The Hall–Kier alpha value is -1.87. The van der Waals surface area contributed by atoms with Crippen LogP contribution in [-0.2, 0) is 13.0 Å². The molecule has 20 heavy (non-hydrogen) atoms. The van der Waals surface area contributed by atoms with Gasteiger partial charge in [-0.3, -0.25) is 4.98 Å². The van der Waals surface area contributed by atoms with E-state index in [1.807, 2.05) is 12.3 Å². The van der Waals surface area contributed by atoms with E-state index in [1.165, 1.54) is 22.5 Å². The van der Waals surface area contributed by atoms with E-state index in [0.29, 0.717) is 6.04 Å². The van der Waals surface area contributed by atoms with Crippen LogP contribution in [0.5, 0.6) is 0 Å². The number of pyridine rings is 1. The largest absolute Gasteiger partial charge is 0.378 e. The van der Waals surface area contributed by atoms with Gasteiger partial charge in [0.25, 0.3) is 0 Å². The summed E-state index contributed by atoms with van der Waals surface area (Å²) in [4.78, 5) is 6.64. The molecule has 0 spiro atoms. The first-order valence-corrected chi connectivity index (χ1v) is 7.17. The van der Waals surface area contributed by atoms with Crippen LogP contribution in [0.25, 0.3) is 0 Å². The highest BCUT2D eigenvalue weighted by Gasteiger charge is 2.22. The molecule has 1 aromatic carbocycles. The maximum atomic E-state index is 4.52. The molecule has 0 fully saturated rings. The minimum absolute atomic E-state index is 0.403. The maximum absolute atomic E-state index is 4.52. The Morgan fingerprint density at radius 1 is 1.20 bits per heavy atom. The minimum atomic E-state index is 0.403. The van der Waals surface area contributed by atoms with E-state index in [9.17, 15) is 0 Å². The molecule has 1 aliphatic rings. The van der Waals surface area contributed by atoms with Crippen LogP contribution in [0.15, 0.2) is 42.6 Å². The predicted octanol–water partition coefficient (Wildman–Crippen LogP) is 2.92. The summed E-state index contributed by atoms with van der Waals surface area (Å²) < 4.78 is 0. The highest BCUT2D eigenvalue weighted by molar-refractivity contribution is 5.46. The van der Waals surface area contributed by atoms with Crippen molar-refractivity contribution in [1.29, 1.82) is 0 Å². The molecule has 0 saturated carbocycles. The van der Waals surface area contributed by atoms with Crippen molar-refractivity contribution in [3.8, 4) is 0 Å². The third-order valence-electron chi connectivity index (χ3n) is 3.96. The van der Waals surface area contributed by atoms with Crippen molar-refractivity contribution in [2.24, 2.45) is 0 Å². The first-order chi connectivity index (χ1) is 9.74. The summed E-state index contributed by atoms with van der Waals surface area (Å²) in [5.41, 5.74) is 5.19. The van der Waals surface area contributed by atoms with Crippen LogP contribution in [0.2, 0.25) is 0 Å². The van der Waals surface area contributed by atoms with Crippen molar-refractivity contribution in [3.05, 3.63) is 59.4 Å². The predicted molar refractivity (Wildman–Crippen MR) is 82.9 cm³/mol. The van der Waals surface area contributed by atoms with Gasteiger partial charge in [-0.25, -0.2) is 0 Å². The Kier molecular flexibility index (Phi) is 3.70. The molecule has 0 saturated heterocycles. The van der Waals surface area contributed by atoms with Gasteiger partial charge in [0, 0.05) is 32.5 Å². The normalized spacial score (nSPS) is 17.0. The molecule has 3 nitrogen and oxygen atoms in total. The molecular weight excluding hydrogens is 246 g/mol. The summed E-state index contributed by atoms with van der Waals surface area (Å²) in [5, 5.41) is 3.63. The number of aryl methyl sites for hydroxylation is 1. The average molecular weight is 267 g/mol. The number of anilines is 1. The van der Waals surface area contributed by atoms with Crippen molar-refractivity contribution in [2.75, 3.05) is 19.0 Å². The van der Waals surface area contributed by atoms with Gasteiger partial charge in [0.15, 0.2) is 0 Å². The van der Waals surface area contributed by atoms with E-state index >= 15 is 0 Å². The van der Waals surface area contributed by atoms with Gasteiger partial charge in [-0.05, 0) is 42.2 Å². The van der Waals surface area contributed by atoms with Gasteiger partial charge in [0.2, 0.25) is 0 Å². The molecule has 1 heterocycles. The molecule has 0 amide bonds. The second-order valence-corrected chi connectivity index (χ2v) is 5.58. The van der Waals surface area contributed by atoms with Crippen LogP contribution < -0.4 is 10.2 Å². The Labute approximate surface area is 120 Å². The molecule has 2 aromatic rings. The number of fused-ring (bicyclic) bond motifs is 1. The molecule has 0 radical (unpaired) electrons. The fourth-order valence-corrected chi connectivity index (χ4v) is 2.76. The standard InChI is InChI=1S/C17H21N3/c1-20(2)15-8-5-13(6-9-15)12-19-16-10-7-14-4-3-11-18-17(14)16/h3-6,8-9,11,16,19H,7,10,12H2,1-2H3.